The highest BCUT2D eigenvalue weighted by molar-refractivity contribution is 7.75. The Morgan fingerprint density at radius 2 is 2.25 bits per heavy atom. The maximum Gasteiger partial charge on any atom is 0.440 e. The lowest BCUT2D eigenvalue weighted by Crippen LogP contribution is -1.98. The Balaban J connectivity index is 2.04. The fraction of sp³-hybridized carbons (Fsp3) is 0.857. The molecular weight excluding hydrogens is 178 g/mol. The molecule has 0 fully saturated rings. The summed E-state index contributed by atoms with van der Waals surface area (Å²) in [6.07, 6.45) is 5.33. The van der Waals surface area contributed by atoms with Crippen LogP contribution in [-0.4, -0.2) is 10.1 Å². The van der Waals surface area contributed by atoms with Crippen LogP contribution in [0.4, 0.5) is 0 Å². The number of oxime groups is 1. The topological polar surface area (TPSA) is 47.9 Å². The van der Waals surface area contributed by atoms with E-state index in [1.54, 1.807) is 0 Å². The predicted molar refractivity (Wildman–Crippen MR) is 46.5 cm³/mol. The molecule has 1 aliphatic heterocycles. The molecular formula is C7H13NO3S. The van der Waals surface area contributed by atoms with Gasteiger partial charge in [0, 0.05) is 6.42 Å². The van der Waals surface area contributed by atoms with E-state index < -0.39 is 11.4 Å². The Hall–Kier alpha value is -0.580. The van der Waals surface area contributed by atoms with Crippen LogP contribution in [0.3, 0.4) is 0 Å². The summed E-state index contributed by atoms with van der Waals surface area (Å²) < 4.78 is 19.6. The van der Waals surface area contributed by atoms with E-state index in [1.807, 2.05) is 0 Å². The molecule has 1 atom stereocenters. The van der Waals surface area contributed by atoms with Gasteiger partial charge in [-0.3, -0.25) is 4.28 Å². The summed E-state index contributed by atoms with van der Waals surface area (Å²) in [5.41, 5.74) is 0. The molecule has 1 heterocycles. The number of hydrogen-bond donors (Lipinski definition) is 0. The van der Waals surface area contributed by atoms with Crippen molar-refractivity contribution in [3.8, 4) is 0 Å². The highest BCUT2D eigenvalue weighted by atomic mass is 32.2. The first-order chi connectivity index (χ1) is 5.83. The number of rotatable bonds is 5. The maximum absolute atomic E-state index is 10.5. The maximum atomic E-state index is 10.5. The normalized spacial score (nSPS) is 21.4. The summed E-state index contributed by atoms with van der Waals surface area (Å²) in [4.78, 5) is 0. The van der Waals surface area contributed by atoms with Crippen LogP contribution in [0.1, 0.15) is 39.0 Å². The van der Waals surface area contributed by atoms with Gasteiger partial charge in [0.15, 0.2) is 0 Å². The molecule has 0 N–H and O–H groups in total. The smallest absolute Gasteiger partial charge is 0.351 e. The van der Waals surface area contributed by atoms with E-state index in [0.29, 0.717) is 5.90 Å². The second kappa shape index (κ2) is 5.13. The van der Waals surface area contributed by atoms with E-state index in [4.69, 9.17) is 4.18 Å². The number of hydrogen-bond acceptors (Lipinski definition) is 4. The fourth-order valence-electron chi connectivity index (χ4n) is 0.971. The van der Waals surface area contributed by atoms with Gasteiger partial charge in [-0.15, -0.1) is 0 Å². The molecule has 0 saturated carbocycles. The van der Waals surface area contributed by atoms with E-state index in [1.165, 1.54) is 12.8 Å². The third kappa shape index (κ3) is 3.21. The van der Waals surface area contributed by atoms with E-state index >= 15 is 0 Å². The van der Waals surface area contributed by atoms with Crippen LogP contribution in [0.15, 0.2) is 5.16 Å². The molecule has 1 rings (SSSR count). The predicted octanol–water partition coefficient (Wildman–Crippen LogP) is 1.90. The zero-order chi connectivity index (χ0) is 8.81. The van der Waals surface area contributed by atoms with E-state index in [-0.39, 0.29) is 0 Å². The van der Waals surface area contributed by atoms with Gasteiger partial charge in [0.05, 0.1) is 0 Å². The van der Waals surface area contributed by atoms with Crippen LogP contribution in [0.25, 0.3) is 0 Å². The molecule has 12 heavy (non-hydrogen) atoms. The molecule has 1 aliphatic rings. The van der Waals surface area contributed by atoms with Crippen molar-refractivity contribution in [2.75, 3.05) is 0 Å². The van der Waals surface area contributed by atoms with Crippen LogP contribution >= 0.6 is 0 Å². The Morgan fingerprint density at radius 1 is 1.42 bits per heavy atom. The van der Waals surface area contributed by atoms with Gasteiger partial charge in [-0.05, 0) is 11.6 Å². The van der Waals surface area contributed by atoms with Gasteiger partial charge in [-0.1, -0.05) is 26.2 Å². The van der Waals surface area contributed by atoms with Crippen molar-refractivity contribution >= 4 is 17.3 Å². The summed E-state index contributed by atoms with van der Waals surface area (Å²) in [5.74, 6) is 0.462. The molecule has 0 aliphatic carbocycles. The Bertz CT molecular complexity index is 193. The van der Waals surface area contributed by atoms with Crippen molar-refractivity contribution in [1.82, 2.24) is 0 Å². The Kier molecular flexibility index (Phi) is 4.07. The second-order valence-corrected chi connectivity index (χ2v) is 3.38. The Morgan fingerprint density at radius 3 is 2.83 bits per heavy atom. The van der Waals surface area contributed by atoms with Crippen molar-refractivity contribution in [2.45, 2.75) is 39.0 Å². The van der Waals surface area contributed by atoms with Gasteiger partial charge in [-0.25, -0.2) is 0 Å². The highest BCUT2D eigenvalue weighted by Crippen LogP contribution is 2.10. The largest absolute Gasteiger partial charge is 0.440 e. The molecule has 0 amide bonds. The fourth-order valence-corrected chi connectivity index (χ4v) is 1.42. The number of unbranched alkanes of at least 4 members (excludes halogenated alkanes) is 3. The molecule has 70 valence electrons. The third-order valence-corrected chi connectivity index (χ3v) is 2.13. The SMILES string of the molecule is CCCCCCC1=NOS(=O)O1. The summed E-state index contributed by atoms with van der Waals surface area (Å²) in [7, 11) is 0. The van der Waals surface area contributed by atoms with Gasteiger partial charge < -0.3 is 4.18 Å². The molecule has 0 saturated heterocycles. The standard InChI is InChI=1S/C7H13NO3S/c1-2-3-4-5-6-7-8-11-12(9)10-7/h2-6H2,1H3. The van der Waals surface area contributed by atoms with E-state index in [0.717, 1.165) is 19.3 Å². The average molecular weight is 191 g/mol. The quantitative estimate of drug-likeness (QED) is 0.623. The molecule has 0 bridgehead atoms. The van der Waals surface area contributed by atoms with Gasteiger partial charge in [0.25, 0.3) is 0 Å². The number of nitrogens with zero attached hydrogens (tertiary/aromatic N) is 1. The molecule has 1 unspecified atom stereocenters. The van der Waals surface area contributed by atoms with Gasteiger partial charge >= 0.3 is 11.4 Å². The first-order valence-electron chi connectivity index (χ1n) is 4.17. The van der Waals surface area contributed by atoms with Crippen LogP contribution in [-0.2, 0) is 19.8 Å². The molecule has 4 nitrogen and oxygen atoms in total. The molecule has 5 heteroatoms. The summed E-state index contributed by atoms with van der Waals surface area (Å²) in [6.45, 7) is 2.15. The summed E-state index contributed by atoms with van der Waals surface area (Å²) in [5, 5.41) is 3.51. The van der Waals surface area contributed by atoms with Crippen molar-refractivity contribution in [3.05, 3.63) is 0 Å². The first kappa shape index (κ1) is 9.51. The average Bonchev–Trinajstić information content (AvgIpc) is 2.45. The lowest BCUT2D eigenvalue weighted by molar-refractivity contribution is 0.371. The molecule has 0 radical (unpaired) electrons. The summed E-state index contributed by atoms with van der Waals surface area (Å²) >= 11 is -1.66. The van der Waals surface area contributed by atoms with Gasteiger partial charge in [-0.2, -0.15) is 4.21 Å². The van der Waals surface area contributed by atoms with Crippen molar-refractivity contribution in [2.24, 2.45) is 5.16 Å². The first-order valence-corrected chi connectivity index (χ1v) is 5.17. The van der Waals surface area contributed by atoms with Crippen molar-refractivity contribution < 1.29 is 12.7 Å². The van der Waals surface area contributed by atoms with Crippen LogP contribution in [0.5, 0.6) is 0 Å². The minimum absolute atomic E-state index is 0.462. The molecule has 0 spiro atoms. The van der Waals surface area contributed by atoms with Crippen LogP contribution < -0.4 is 0 Å². The zero-order valence-corrected chi connectivity index (χ0v) is 7.93. The summed E-state index contributed by atoms with van der Waals surface area (Å²) in [6, 6.07) is 0. The lowest BCUT2D eigenvalue weighted by Gasteiger charge is -1.96. The van der Waals surface area contributed by atoms with Crippen LogP contribution in [0.2, 0.25) is 0 Å². The monoisotopic (exact) mass is 191 g/mol. The minimum atomic E-state index is -1.66. The molecule has 0 aromatic rings. The third-order valence-electron chi connectivity index (χ3n) is 1.61. The highest BCUT2D eigenvalue weighted by Gasteiger charge is 2.16. The second-order valence-electron chi connectivity index (χ2n) is 2.66. The van der Waals surface area contributed by atoms with Gasteiger partial charge in [0.2, 0.25) is 5.90 Å². The van der Waals surface area contributed by atoms with E-state index in [9.17, 15) is 4.21 Å². The van der Waals surface area contributed by atoms with Crippen molar-refractivity contribution in [1.29, 1.82) is 0 Å². The van der Waals surface area contributed by atoms with Gasteiger partial charge in [0.1, 0.15) is 0 Å². The zero-order valence-electron chi connectivity index (χ0n) is 7.12. The van der Waals surface area contributed by atoms with Crippen LogP contribution in [0, 0.1) is 0 Å². The minimum Gasteiger partial charge on any atom is -0.351 e. The molecule has 0 aromatic carbocycles. The molecule has 0 aromatic heterocycles. The lowest BCUT2D eigenvalue weighted by atomic mass is 10.1. The van der Waals surface area contributed by atoms with E-state index in [2.05, 4.69) is 16.4 Å². The van der Waals surface area contributed by atoms with Crippen molar-refractivity contribution in [3.63, 3.8) is 0 Å². The Labute approximate surface area is 74.8 Å².